The summed E-state index contributed by atoms with van der Waals surface area (Å²) in [4.78, 5) is 5.10. The second kappa shape index (κ2) is 7.28. The second-order valence-electron chi connectivity index (χ2n) is 7.76. The lowest BCUT2D eigenvalue weighted by atomic mass is 10.1. The third kappa shape index (κ3) is 3.54. The maximum Gasteiger partial charge on any atom is 0.168 e. The Morgan fingerprint density at radius 3 is 2.44 bits per heavy atom. The average Bonchev–Trinajstić information content (AvgIpc) is 2.96. The molecule has 0 atom stereocenters. The summed E-state index contributed by atoms with van der Waals surface area (Å²) < 4.78 is 11.3. The van der Waals surface area contributed by atoms with Crippen molar-refractivity contribution in [2.45, 2.75) is 12.8 Å². The summed E-state index contributed by atoms with van der Waals surface area (Å²) in [5.74, 6) is 2.41. The Labute approximate surface area is 161 Å². The third-order valence-electron chi connectivity index (χ3n) is 5.94. The van der Waals surface area contributed by atoms with Crippen molar-refractivity contribution in [2.24, 2.45) is 5.92 Å². The van der Waals surface area contributed by atoms with E-state index in [2.05, 4.69) is 46.2 Å². The molecule has 0 bridgehead atoms. The first-order valence-electron chi connectivity index (χ1n) is 9.98. The van der Waals surface area contributed by atoms with Crippen molar-refractivity contribution in [2.75, 3.05) is 44.2 Å². The molecule has 4 heteroatoms. The molecule has 2 aromatic carbocycles. The van der Waals surface area contributed by atoms with Crippen LogP contribution in [0, 0.1) is 5.92 Å². The highest BCUT2D eigenvalue weighted by Gasteiger charge is 2.25. The minimum Gasteiger partial charge on any atom is -0.485 e. The van der Waals surface area contributed by atoms with E-state index < -0.39 is 0 Å². The van der Waals surface area contributed by atoms with E-state index in [1.165, 1.54) is 25.1 Å². The van der Waals surface area contributed by atoms with Gasteiger partial charge in [0.2, 0.25) is 0 Å². The number of hydrogen-bond acceptors (Lipinski definition) is 4. The largest absolute Gasteiger partial charge is 0.485 e. The van der Waals surface area contributed by atoms with Gasteiger partial charge in [-0.05, 0) is 48.1 Å². The predicted molar refractivity (Wildman–Crippen MR) is 108 cm³/mol. The number of benzene rings is 2. The van der Waals surface area contributed by atoms with Gasteiger partial charge in [-0.3, -0.25) is 4.90 Å². The number of rotatable bonds is 3. The molecule has 0 aromatic heterocycles. The van der Waals surface area contributed by atoms with Crippen LogP contribution in [0.3, 0.4) is 0 Å². The summed E-state index contributed by atoms with van der Waals surface area (Å²) in [6.45, 7) is 6.17. The standard InChI is InChI=1S/C23H26N2O2/c1-2-5-20-15-18(14-19(20)4-1)17-24-8-10-25(11-9-24)21-6-7-22-23(16-21)27-13-3-12-26-22/h1-7,12,16,18H,8-11,13-15,17H2. The van der Waals surface area contributed by atoms with Crippen molar-refractivity contribution in [3.05, 3.63) is 65.9 Å². The van der Waals surface area contributed by atoms with E-state index in [4.69, 9.17) is 9.47 Å². The van der Waals surface area contributed by atoms with E-state index in [-0.39, 0.29) is 0 Å². The topological polar surface area (TPSA) is 24.9 Å². The molecular weight excluding hydrogens is 336 g/mol. The molecule has 0 saturated carbocycles. The van der Waals surface area contributed by atoms with E-state index in [0.717, 1.165) is 43.6 Å². The van der Waals surface area contributed by atoms with Crippen LogP contribution in [0.5, 0.6) is 11.5 Å². The van der Waals surface area contributed by atoms with Crippen LogP contribution in [-0.2, 0) is 12.8 Å². The maximum atomic E-state index is 5.77. The number of ether oxygens (including phenoxy) is 2. The highest BCUT2D eigenvalue weighted by Crippen LogP contribution is 2.34. The van der Waals surface area contributed by atoms with Crippen LogP contribution in [0.25, 0.3) is 0 Å². The zero-order valence-electron chi connectivity index (χ0n) is 15.6. The lowest BCUT2D eigenvalue weighted by Crippen LogP contribution is -2.47. The molecule has 0 N–H and O–H groups in total. The van der Waals surface area contributed by atoms with Crippen molar-refractivity contribution in [1.82, 2.24) is 4.90 Å². The molecule has 1 aliphatic carbocycles. The Morgan fingerprint density at radius 2 is 1.67 bits per heavy atom. The molecule has 27 heavy (non-hydrogen) atoms. The molecule has 4 nitrogen and oxygen atoms in total. The van der Waals surface area contributed by atoms with Gasteiger partial charge in [0.15, 0.2) is 11.5 Å². The Hall–Kier alpha value is -2.46. The molecule has 0 spiro atoms. The first-order valence-corrected chi connectivity index (χ1v) is 9.98. The SMILES string of the molecule is C1=COc2ccc(N3CCN(CC4Cc5ccccc5C4)CC3)cc2OC1. The molecule has 2 aliphatic heterocycles. The quantitative estimate of drug-likeness (QED) is 0.834. The van der Waals surface area contributed by atoms with Crippen LogP contribution in [0.4, 0.5) is 5.69 Å². The molecule has 140 valence electrons. The van der Waals surface area contributed by atoms with Crippen LogP contribution in [0.2, 0.25) is 0 Å². The van der Waals surface area contributed by atoms with Crippen LogP contribution >= 0.6 is 0 Å². The van der Waals surface area contributed by atoms with Crippen molar-refractivity contribution in [3.63, 3.8) is 0 Å². The summed E-state index contributed by atoms with van der Waals surface area (Å²) in [7, 11) is 0. The van der Waals surface area contributed by atoms with Gasteiger partial charge < -0.3 is 14.4 Å². The van der Waals surface area contributed by atoms with E-state index in [9.17, 15) is 0 Å². The van der Waals surface area contributed by atoms with Crippen LogP contribution in [-0.4, -0.2) is 44.2 Å². The zero-order chi connectivity index (χ0) is 18.1. The number of hydrogen-bond donors (Lipinski definition) is 0. The summed E-state index contributed by atoms with van der Waals surface area (Å²) in [6.07, 6.45) is 6.07. The van der Waals surface area contributed by atoms with Crippen molar-refractivity contribution in [3.8, 4) is 11.5 Å². The summed E-state index contributed by atoms with van der Waals surface area (Å²) in [6, 6.07) is 15.2. The van der Waals surface area contributed by atoms with Crippen LogP contribution in [0.1, 0.15) is 11.1 Å². The third-order valence-corrected chi connectivity index (χ3v) is 5.94. The maximum absolute atomic E-state index is 5.77. The van der Waals surface area contributed by atoms with Gasteiger partial charge in [0.05, 0.1) is 6.26 Å². The van der Waals surface area contributed by atoms with Gasteiger partial charge in [-0.25, -0.2) is 0 Å². The van der Waals surface area contributed by atoms with E-state index in [1.54, 1.807) is 17.4 Å². The fourth-order valence-electron chi connectivity index (χ4n) is 4.54. The van der Waals surface area contributed by atoms with Crippen molar-refractivity contribution in [1.29, 1.82) is 0 Å². The first-order chi connectivity index (χ1) is 13.3. The number of piperazine rings is 1. The molecule has 2 aromatic rings. The average molecular weight is 362 g/mol. The molecule has 2 heterocycles. The minimum absolute atomic E-state index is 0.564. The van der Waals surface area contributed by atoms with Crippen molar-refractivity contribution < 1.29 is 9.47 Å². The van der Waals surface area contributed by atoms with Gasteiger partial charge in [0.1, 0.15) is 6.61 Å². The number of fused-ring (bicyclic) bond motifs is 2. The molecule has 0 radical (unpaired) electrons. The molecule has 1 fully saturated rings. The summed E-state index contributed by atoms with van der Waals surface area (Å²) in [5, 5.41) is 0. The lowest BCUT2D eigenvalue weighted by molar-refractivity contribution is 0.221. The van der Waals surface area contributed by atoms with Gasteiger partial charge in [0, 0.05) is 44.5 Å². The smallest absolute Gasteiger partial charge is 0.168 e. The van der Waals surface area contributed by atoms with E-state index >= 15 is 0 Å². The summed E-state index contributed by atoms with van der Waals surface area (Å²) >= 11 is 0. The number of nitrogens with zero attached hydrogens (tertiary/aromatic N) is 2. The monoisotopic (exact) mass is 362 g/mol. The van der Waals surface area contributed by atoms with Crippen molar-refractivity contribution >= 4 is 5.69 Å². The Morgan fingerprint density at radius 1 is 0.889 bits per heavy atom. The van der Waals surface area contributed by atoms with E-state index in [0.29, 0.717) is 6.61 Å². The molecule has 5 rings (SSSR count). The first kappa shape index (κ1) is 16.7. The second-order valence-corrected chi connectivity index (χ2v) is 7.76. The Balaban J connectivity index is 1.17. The number of anilines is 1. The van der Waals surface area contributed by atoms with Gasteiger partial charge in [-0.1, -0.05) is 24.3 Å². The predicted octanol–water partition coefficient (Wildman–Crippen LogP) is 3.51. The zero-order valence-corrected chi connectivity index (χ0v) is 15.6. The van der Waals surface area contributed by atoms with Gasteiger partial charge in [-0.15, -0.1) is 0 Å². The normalized spacial score (nSPS) is 19.8. The van der Waals surface area contributed by atoms with Crippen LogP contribution in [0.15, 0.2) is 54.8 Å². The molecular formula is C23H26N2O2. The fourth-order valence-corrected chi connectivity index (χ4v) is 4.54. The molecule has 1 saturated heterocycles. The van der Waals surface area contributed by atoms with Gasteiger partial charge in [0.25, 0.3) is 0 Å². The van der Waals surface area contributed by atoms with E-state index in [1.807, 2.05) is 12.1 Å². The van der Waals surface area contributed by atoms with Gasteiger partial charge in [-0.2, -0.15) is 0 Å². The minimum atomic E-state index is 0.564. The van der Waals surface area contributed by atoms with Gasteiger partial charge >= 0.3 is 0 Å². The summed E-state index contributed by atoms with van der Waals surface area (Å²) in [5.41, 5.74) is 4.35. The molecule has 3 aliphatic rings. The van der Waals surface area contributed by atoms with Crippen LogP contribution < -0.4 is 14.4 Å². The highest BCUT2D eigenvalue weighted by molar-refractivity contribution is 5.57. The molecule has 0 unspecified atom stereocenters. The fraction of sp³-hybridized carbons (Fsp3) is 0.391. The Kier molecular flexibility index (Phi) is 4.50. The molecule has 0 amide bonds. The highest BCUT2D eigenvalue weighted by atomic mass is 16.5. The Bertz CT molecular complexity index is 815. The lowest BCUT2D eigenvalue weighted by Gasteiger charge is -2.37.